The van der Waals surface area contributed by atoms with E-state index < -0.39 is 0 Å². The molecule has 0 bridgehead atoms. The highest BCUT2D eigenvalue weighted by molar-refractivity contribution is 6.30. The number of likely N-dealkylation sites (N-methyl/N-ethyl adjacent to an activating group) is 1. The second kappa shape index (κ2) is 9.04. The first-order valence-corrected chi connectivity index (χ1v) is 8.78. The third kappa shape index (κ3) is 5.80. The van der Waals surface area contributed by atoms with Crippen LogP contribution in [0.2, 0.25) is 5.02 Å². The molecule has 1 aromatic rings. The smallest absolute Gasteiger partial charge is 0.224 e. The predicted molar refractivity (Wildman–Crippen MR) is 95.9 cm³/mol. The van der Waals surface area contributed by atoms with E-state index in [0.29, 0.717) is 37.5 Å². The number of benzene rings is 1. The average Bonchev–Trinajstić information content (AvgIpc) is 2.94. The van der Waals surface area contributed by atoms with Crippen LogP contribution in [0.15, 0.2) is 24.3 Å². The third-order valence-corrected chi connectivity index (χ3v) is 4.43. The molecule has 2 rings (SSSR count). The molecule has 1 saturated heterocycles. The molecule has 6 heteroatoms. The van der Waals surface area contributed by atoms with Crippen molar-refractivity contribution in [3.05, 3.63) is 34.9 Å². The molecule has 1 aliphatic rings. The largest absolute Gasteiger partial charge is 0.342 e. The molecule has 0 spiro atoms. The zero-order chi connectivity index (χ0) is 17.5. The monoisotopic (exact) mass is 351 g/mol. The SMILES string of the molecule is CN(C)CCN(Cc1cccc(Cl)c1)C(=O)CCN1CCCC1=O. The fraction of sp³-hybridized carbons (Fsp3) is 0.556. The molecule has 1 aliphatic heterocycles. The number of hydrogen-bond donors (Lipinski definition) is 0. The van der Waals surface area contributed by atoms with E-state index in [1.165, 1.54) is 0 Å². The molecule has 0 saturated carbocycles. The Bertz CT molecular complexity index is 577. The number of nitrogens with zero attached hydrogens (tertiary/aromatic N) is 3. The van der Waals surface area contributed by atoms with Crippen LogP contribution in [0.3, 0.4) is 0 Å². The van der Waals surface area contributed by atoms with Gasteiger partial charge in [0.05, 0.1) is 0 Å². The van der Waals surface area contributed by atoms with Crippen LogP contribution in [0.5, 0.6) is 0 Å². The maximum absolute atomic E-state index is 12.6. The highest BCUT2D eigenvalue weighted by atomic mass is 35.5. The van der Waals surface area contributed by atoms with Crippen molar-refractivity contribution in [1.29, 1.82) is 0 Å². The first-order chi connectivity index (χ1) is 11.5. The van der Waals surface area contributed by atoms with Crippen molar-refractivity contribution in [2.24, 2.45) is 0 Å². The minimum absolute atomic E-state index is 0.0801. The highest BCUT2D eigenvalue weighted by Crippen LogP contribution is 2.14. The van der Waals surface area contributed by atoms with Crippen LogP contribution >= 0.6 is 11.6 Å². The lowest BCUT2D eigenvalue weighted by Gasteiger charge is -2.26. The Hall–Kier alpha value is -1.59. The van der Waals surface area contributed by atoms with E-state index in [1.807, 2.05) is 43.3 Å². The van der Waals surface area contributed by atoms with Gasteiger partial charge in [0.1, 0.15) is 0 Å². The van der Waals surface area contributed by atoms with Gasteiger partial charge in [-0.25, -0.2) is 0 Å². The van der Waals surface area contributed by atoms with Crippen molar-refractivity contribution in [2.45, 2.75) is 25.8 Å². The van der Waals surface area contributed by atoms with E-state index >= 15 is 0 Å². The number of amides is 2. The average molecular weight is 352 g/mol. The van der Waals surface area contributed by atoms with Crippen LogP contribution in [0, 0.1) is 0 Å². The Balaban J connectivity index is 1.95. The topological polar surface area (TPSA) is 43.9 Å². The maximum Gasteiger partial charge on any atom is 0.224 e. The molecule has 0 aromatic heterocycles. The van der Waals surface area contributed by atoms with Crippen molar-refractivity contribution >= 4 is 23.4 Å². The molecule has 1 aromatic carbocycles. The van der Waals surface area contributed by atoms with E-state index in [4.69, 9.17) is 11.6 Å². The number of carbonyl (C=O) groups is 2. The maximum atomic E-state index is 12.6. The normalized spacial score (nSPS) is 14.5. The second-order valence-electron chi connectivity index (χ2n) is 6.48. The Kier molecular flexibility index (Phi) is 7.06. The fourth-order valence-electron chi connectivity index (χ4n) is 2.80. The van der Waals surface area contributed by atoms with Gasteiger partial charge >= 0.3 is 0 Å². The van der Waals surface area contributed by atoms with Crippen LogP contribution in [-0.4, -0.2) is 66.8 Å². The van der Waals surface area contributed by atoms with Gasteiger partial charge in [0.15, 0.2) is 0 Å². The van der Waals surface area contributed by atoms with Gasteiger partial charge in [-0.2, -0.15) is 0 Å². The van der Waals surface area contributed by atoms with Gasteiger partial charge in [-0.1, -0.05) is 23.7 Å². The summed E-state index contributed by atoms with van der Waals surface area (Å²) >= 11 is 6.04. The molecule has 0 unspecified atom stereocenters. The minimum atomic E-state index is 0.0801. The number of likely N-dealkylation sites (tertiary alicyclic amines) is 1. The minimum Gasteiger partial charge on any atom is -0.342 e. The first kappa shape index (κ1) is 18.7. The Morgan fingerprint density at radius 1 is 1.29 bits per heavy atom. The van der Waals surface area contributed by atoms with E-state index in [-0.39, 0.29) is 11.8 Å². The Labute approximate surface area is 149 Å². The van der Waals surface area contributed by atoms with Gasteiger partial charge in [-0.05, 0) is 38.2 Å². The van der Waals surface area contributed by atoms with Crippen LogP contribution in [0.1, 0.15) is 24.8 Å². The van der Waals surface area contributed by atoms with Gasteiger partial charge in [0.2, 0.25) is 11.8 Å². The van der Waals surface area contributed by atoms with Crippen molar-refractivity contribution in [1.82, 2.24) is 14.7 Å². The molecule has 0 N–H and O–H groups in total. The zero-order valence-electron chi connectivity index (χ0n) is 14.5. The van der Waals surface area contributed by atoms with Crippen molar-refractivity contribution in [3.63, 3.8) is 0 Å². The zero-order valence-corrected chi connectivity index (χ0v) is 15.3. The van der Waals surface area contributed by atoms with Crippen LogP contribution < -0.4 is 0 Å². The Morgan fingerprint density at radius 3 is 2.71 bits per heavy atom. The van der Waals surface area contributed by atoms with Crippen LogP contribution in [0.4, 0.5) is 0 Å². The number of rotatable bonds is 8. The number of carbonyl (C=O) groups excluding carboxylic acids is 2. The molecule has 0 aliphatic carbocycles. The van der Waals surface area contributed by atoms with Crippen molar-refractivity contribution in [3.8, 4) is 0 Å². The van der Waals surface area contributed by atoms with Gasteiger partial charge in [-0.3, -0.25) is 9.59 Å². The molecule has 132 valence electrons. The molecule has 0 radical (unpaired) electrons. The van der Waals surface area contributed by atoms with Gasteiger partial charge in [0.25, 0.3) is 0 Å². The second-order valence-corrected chi connectivity index (χ2v) is 6.92. The molecule has 0 atom stereocenters. The number of halogens is 1. The molecule has 1 fully saturated rings. The molecule has 1 heterocycles. The summed E-state index contributed by atoms with van der Waals surface area (Å²) in [5.74, 6) is 0.244. The number of hydrogen-bond acceptors (Lipinski definition) is 3. The summed E-state index contributed by atoms with van der Waals surface area (Å²) in [6.45, 7) is 3.30. The van der Waals surface area contributed by atoms with Gasteiger partial charge in [-0.15, -0.1) is 0 Å². The summed E-state index contributed by atoms with van der Waals surface area (Å²) in [4.78, 5) is 30.0. The standard InChI is InChI=1S/C18H26ClN3O2/c1-20(2)11-12-22(14-15-5-3-6-16(19)13-15)18(24)8-10-21-9-4-7-17(21)23/h3,5-6,13H,4,7-12,14H2,1-2H3. The lowest BCUT2D eigenvalue weighted by molar-refractivity contribution is -0.133. The van der Waals surface area contributed by atoms with Crippen LogP contribution in [-0.2, 0) is 16.1 Å². The molecule has 24 heavy (non-hydrogen) atoms. The van der Waals surface area contributed by atoms with Gasteiger partial charge < -0.3 is 14.7 Å². The summed E-state index contributed by atoms with van der Waals surface area (Å²) < 4.78 is 0. The highest BCUT2D eigenvalue weighted by Gasteiger charge is 2.22. The van der Waals surface area contributed by atoms with Gasteiger partial charge in [0, 0.05) is 50.6 Å². The fourth-order valence-corrected chi connectivity index (χ4v) is 3.01. The molecular formula is C18H26ClN3O2. The van der Waals surface area contributed by atoms with Crippen molar-refractivity contribution < 1.29 is 9.59 Å². The van der Waals surface area contributed by atoms with E-state index in [2.05, 4.69) is 4.90 Å². The Morgan fingerprint density at radius 2 is 2.08 bits per heavy atom. The van der Waals surface area contributed by atoms with E-state index in [1.54, 1.807) is 4.90 Å². The molecule has 5 nitrogen and oxygen atoms in total. The van der Waals surface area contributed by atoms with E-state index in [9.17, 15) is 9.59 Å². The van der Waals surface area contributed by atoms with Crippen LogP contribution in [0.25, 0.3) is 0 Å². The predicted octanol–water partition coefficient (Wildman–Crippen LogP) is 2.24. The lowest BCUT2D eigenvalue weighted by atomic mass is 10.2. The summed E-state index contributed by atoms with van der Waals surface area (Å²) in [5.41, 5.74) is 1.02. The lowest BCUT2D eigenvalue weighted by Crippen LogP contribution is -2.38. The summed E-state index contributed by atoms with van der Waals surface area (Å²) in [7, 11) is 3.98. The summed E-state index contributed by atoms with van der Waals surface area (Å²) in [5, 5.41) is 0.676. The summed E-state index contributed by atoms with van der Waals surface area (Å²) in [6, 6.07) is 7.60. The molecule has 2 amide bonds. The first-order valence-electron chi connectivity index (χ1n) is 8.40. The van der Waals surface area contributed by atoms with Crippen molar-refractivity contribution in [2.75, 3.05) is 40.3 Å². The quantitative estimate of drug-likeness (QED) is 0.721. The molecular weight excluding hydrogens is 326 g/mol. The summed E-state index contributed by atoms with van der Waals surface area (Å²) in [6.07, 6.45) is 1.89. The third-order valence-electron chi connectivity index (χ3n) is 4.20. The van der Waals surface area contributed by atoms with E-state index in [0.717, 1.165) is 25.1 Å².